The Labute approximate surface area is 235 Å². The fraction of sp³-hybridized carbons (Fsp3) is 0.419. The van der Waals surface area contributed by atoms with E-state index in [2.05, 4.69) is 18.8 Å². The van der Waals surface area contributed by atoms with Crippen LogP contribution in [0.2, 0.25) is 0 Å². The van der Waals surface area contributed by atoms with Crippen LogP contribution in [0.1, 0.15) is 81.9 Å². The number of nitrogens with zero attached hydrogens (tertiary/aromatic N) is 4. The van der Waals surface area contributed by atoms with Gasteiger partial charge in [-0.05, 0) is 48.6 Å². The average molecular weight is 546 g/mol. The number of amides is 2. The summed E-state index contributed by atoms with van der Waals surface area (Å²) in [6.07, 6.45) is 6.09. The van der Waals surface area contributed by atoms with Crippen LogP contribution < -0.4 is 5.73 Å². The number of carboxylic acids is 1. The summed E-state index contributed by atoms with van der Waals surface area (Å²) in [6, 6.07) is 12.2. The third-order valence-corrected chi connectivity index (χ3v) is 7.57. The highest BCUT2D eigenvalue weighted by Gasteiger charge is 2.32. The van der Waals surface area contributed by atoms with E-state index in [0.29, 0.717) is 43.1 Å². The van der Waals surface area contributed by atoms with Gasteiger partial charge in [-0.3, -0.25) is 9.59 Å². The molecule has 1 aliphatic heterocycles. The van der Waals surface area contributed by atoms with E-state index in [0.717, 1.165) is 36.8 Å². The Bertz CT molecular complexity index is 1370. The highest BCUT2D eigenvalue weighted by Crippen LogP contribution is 2.30. The monoisotopic (exact) mass is 545 g/mol. The average Bonchev–Trinajstić information content (AvgIpc) is 3.36. The third-order valence-electron chi connectivity index (χ3n) is 7.57. The molecule has 3 N–H and O–H groups in total. The number of hydrogen-bond acceptors (Lipinski definition) is 5. The fourth-order valence-corrected chi connectivity index (χ4v) is 5.23. The Morgan fingerprint density at radius 3 is 2.35 bits per heavy atom. The number of carbonyl (C=O) groups excluding carboxylic acids is 2. The zero-order valence-corrected chi connectivity index (χ0v) is 23.6. The van der Waals surface area contributed by atoms with Crippen molar-refractivity contribution in [1.29, 1.82) is 0 Å². The van der Waals surface area contributed by atoms with Gasteiger partial charge in [-0.2, -0.15) is 0 Å². The van der Waals surface area contributed by atoms with Crippen molar-refractivity contribution in [2.24, 2.45) is 12.8 Å². The number of unbranched alkanes of at least 4 members (excludes halogenated alkanes) is 2. The molecule has 9 heteroatoms. The van der Waals surface area contributed by atoms with Gasteiger partial charge in [-0.1, -0.05) is 51.0 Å². The first-order valence-electron chi connectivity index (χ1n) is 14.1. The summed E-state index contributed by atoms with van der Waals surface area (Å²) in [5.74, 6) is -1.16. The number of rotatable bonds is 11. The summed E-state index contributed by atoms with van der Waals surface area (Å²) >= 11 is 0. The molecule has 0 fully saturated rings. The topological polar surface area (TPSA) is 122 Å². The number of aryl methyl sites for hydroxylation is 1. The minimum absolute atomic E-state index is 0.00428. The lowest BCUT2D eigenvalue weighted by molar-refractivity contribution is 0.0648. The molecule has 0 aliphatic carbocycles. The molecule has 212 valence electrons. The molecule has 0 saturated heterocycles. The Balaban J connectivity index is 1.74. The number of carboxylic acid groups (broad SMARTS) is 1. The maximum absolute atomic E-state index is 14.1. The standard InChI is InChI=1S/C31H39N5O4/c1-4-6-14-35(15-7-5-2)30(38)27-20-34(3)28(33-27)25-13-12-22(31(39)40)17-26(25)29(37)36-19-23-11-9-8-10-21(23)16-24(36)18-32/h8-13,17,20,24H,4-7,14-16,18-19,32H2,1-3H3,(H,39,40)/t24-/m0/s1. The lowest BCUT2D eigenvalue weighted by Crippen LogP contribution is -2.48. The van der Waals surface area contributed by atoms with Crippen molar-refractivity contribution in [3.8, 4) is 11.4 Å². The largest absolute Gasteiger partial charge is 0.478 e. The van der Waals surface area contributed by atoms with Crippen LogP contribution in [-0.4, -0.2) is 67.9 Å². The molecule has 3 aromatic rings. The van der Waals surface area contributed by atoms with Crippen LogP contribution in [0.5, 0.6) is 0 Å². The predicted octanol–water partition coefficient (Wildman–Crippen LogP) is 4.35. The SMILES string of the molecule is CCCCN(CCCC)C(=O)c1cn(C)c(-c2ccc(C(=O)O)cc2C(=O)N2Cc3ccccc3C[C@H]2CN)n1. The lowest BCUT2D eigenvalue weighted by Gasteiger charge is -2.36. The molecule has 2 amide bonds. The maximum atomic E-state index is 14.1. The van der Waals surface area contributed by atoms with Gasteiger partial charge in [0.1, 0.15) is 11.5 Å². The second-order valence-corrected chi connectivity index (χ2v) is 10.4. The molecule has 9 nitrogen and oxygen atoms in total. The molecule has 1 aromatic heterocycles. The van der Waals surface area contributed by atoms with Crippen LogP contribution >= 0.6 is 0 Å². The number of aromatic carboxylic acids is 1. The van der Waals surface area contributed by atoms with Gasteiger partial charge in [0.15, 0.2) is 0 Å². The van der Waals surface area contributed by atoms with Gasteiger partial charge in [0.2, 0.25) is 0 Å². The minimum Gasteiger partial charge on any atom is -0.478 e. The zero-order chi connectivity index (χ0) is 28.8. The van der Waals surface area contributed by atoms with E-state index in [1.807, 2.05) is 29.2 Å². The minimum atomic E-state index is -1.13. The van der Waals surface area contributed by atoms with E-state index in [1.54, 1.807) is 28.8 Å². The van der Waals surface area contributed by atoms with E-state index in [1.165, 1.54) is 12.1 Å². The normalized spacial score (nSPS) is 14.6. The molecular weight excluding hydrogens is 506 g/mol. The lowest BCUT2D eigenvalue weighted by atomic mass is 9.92. The first-order chi connectivity index (χ1) is 19.3. The second-order valence-electron chi connectivity index (χ2n) is 10.4. The summed E-state index contributed by atoms with van der Waals surface area (Å²) < 4.78 is 1.73. The van der Waals surface area contributed by atoms with Gasteiger partial charge in [0, 0.05) is 51.0 Å². The van der Waals surface area contributed by atoms with Crippen LogP contribution in [0.15, 0.2) is 48.7 Å². The number of carbonyl (C=O) groups is 3. The summed E-state index contributed by atoms with van der Waals surface area (Å²) in [5.41, 5.74) is 9.31. The van der Waals surface area contributed by atoms with Crippen LogP contribution in [-0.2, 0) is 20.0 Å². The molecule has 0 saturated carbocycles. The quantitative estimate of drug-likeness (QED) is 0.369. The fourth-order valence-electron chi connectivity index (χ4n) is 5.23. The molecular formula is C31H39N5O4. The van der Waals surface area contributed by atoms with Crippen LogP contribution in [0.3, 0.4) is 0 Å². The van der Waals surface area contributed by atoms with Crippen LogP contribution in [0.25, 0.3) is 11.4 Å². The smallest absolute Gasteiger partial charge is 0.335 e. The van der Waals surface area contributed by atoms with Crippen molar-refractivity contribution in [2.45, 2.75) is 58.5 Å². The van der Waals surface area contributed by atoms with Crippen molar-refractivity contribution < 1.29 is 19.5 Å². The molecule has 2 aromatic carbocycles. The van der Waals surface area contributed by atoms with E-state index < -0.39 is 5.97 Å². The third kappa shape index (κ3) is 6.09. The molecule has 40 heavy (non-hydrogen) atoms. The summed E-state index contributed by atoms with van der Waals surface area (Å²) in [5, 5.41) is 9.71. The number of hydrogen-bond donors (Lipinski definition) is 2. The molecule has 4 rings (SSSR count). The van der Waals surface area contributed by atoms with Gasteiger partial charge < -0.3 is 25.2 Å². The van der Waals surface area contributed by atoms with E-state index in [-0.39, 0.29) is 35.5 Å². The highest BCUT2D eigenvalue weighted by atomic mass is 16.4. The van der Waals surface area contributed by atoms with Crippen molar-refractivity contribution in [1.82, 2.24) is 19.4 Å². The van der Waals surface area contributed by atoms with E-state index >= 15 is 0 Å². The molecule has 0 bridgehead atoms. The first kappa shape index (κ1) is 29.0. The molecule has 0 radical (unpaired) electrons. The Morgan fingerprint density at radius 1 is 1.05 bits per heavy atom. The van der Waals surface area contributed by atoms with Gasteiger partial charge in [0.05, 0.1) is 11.1 Å². The highest BCUT2D eigenvalue weighted by molar-refractivity contribution is 6.03. The number of nitrogens with two attached hydrogens (primary N) is 1. The Hall–Kier alpha value is -3.98. The summed E-state index contributed by atoms with van der Waals surface area (Å²) in [4.78, 5) is 47.7. The first-order valence-corrected chi connectivity index (χ1v) is 14.1. The number of aromatic nitrogens is 2. The summed E-state index contributed by atoms with van der Waals surface area (Å²) in [7, 11) is 1.78. The molecule has 1 atom stereocenters. The van der Waals surface area contributed by atoms with Gasteiger partial charge >= 0.3 is 5.97 Å². The molecule has 0 unspecified atom stereocenters. The molecule has 1 aliphatic rings. The molecule has 0 spiro atoms. The van der Waals surface area contributed by atoms with Crippen molar-refractivity contribution in [2.75, 3.05) is 19.6 Å². The van der Waals surface area contributed by atoms with Crippen molar-refractivity contribution in [3.63, 3.8) is 0 Å². The van der Waals surface area contributed by atoms with E-state index in [4.69, 9.17) is 5.73 Å². The second kappa shape index (κ2) is 12.9. The van der Waals surface area contributed by atoms with Crippen LogP contribution in [0, 0.1) is 0 Å². The van der Waals surface area contributed by atoms with Gasteiger partial charge in [0.25, 0.3) is 11.8 Å². The Morgan fingerprint density at radius 2 is 1.73 bits per heavy atom. The maximum Gasteiger partial charge on any atom is 0.335 e. The number of fused-ring (bicyclic) bond motifs is 1. The van der Waals surface area contributed by atoms with Crippen molar-refractivity contribution in [3.05, 3.63) is 76.6 Å². The van der Waals surface area contributed by atoms with Gasteiger partial charge in [-0.25, -0.2) is 9.78 Å². The summed E-state index contributed by atoms with van der Waals surface area (Å²) in [6.45, 7) is 6.17. The predicted molar refractivity (Wildman–Crippen MR) is 154 cm³/mol. The van der Waals surface area contributed by atoms with Gasteiger partial charge in [-0.15, -0.1) is 0 Å². The molecule has 2 heterocycles. The van der Waals surface area contributed by atoms with Crippen LogP contribution in [0.4, 0.5) is 0 Å². The zero-order valence-electron chi connectivity index (χ0n) is 23.6. The van der Waals surface area contributed by atoms with Crippen molar-refractivity contribution >= 4 is 17.8 Å². The number of imidazole rings is 1. The Kier molecular flexibility index (Phi) is 9.37. The number of benzene rings is 2. The van der Waals surface area contributed by atoms with E-state index in [9.17, 15) is 19.5 Å².